The first kappa shape index (κ1) is 16.0. The summed E-state index contributed by atoms with van der Waals surface area (Å²) in [7, 11) is 0. The van der Waals surface area contributed by atoms with Gasteiger partial charge in [0, 0.05) is 21.8 Å². The highest BCUT2D eigenvalue weighted by atomic mass is 35.5. The number of hydrogen-bond donors (Lipinski definition) is 1. The lowest BCUT2D eigenvalue weighted by atomic mass is 10.0. The maximum absolute atomic E-state index is 13.9. The van der Waals surface area contributed by atoms with E-state index in [4.69, 9.17) is 11.6 Å². The molecule has 114 valence electrons. The average Bonchev–Trinajstić information content (AvgIpc) is 2.79. The molecule has 0 bridgehead atoms. The molecule has 1 atom stereocenters. The SMILES string of the molecule is CCc1nn(Cc2ccc(Cl)cc2F)c(CC)c1C(C)O. The van der Waals surface area contributed by atoms with Crippen LogP contribution in [0.5, 0.6) is 0 Å². The molecule has 21 heavy (non-hydrogen) atoms. The van der Waals surface area contributed by atoms with E-state index in [0.717, 1.165) is 29.8 Å². The van der Waals surface area contributed by atoms with Crippen LogP contribution in [0.4, 0.5) is 4.39 Å². The first-order valence-electron chi connectivity index (χ1n) is 7.18. The van der Waals surface area contributed by atoms with Crippen molar-refractivity contribution in [2.24, 2.45) is 0 Å². The second-order valence-corrected chi connectivity index (χ2v) is 5.52. The molecule has 1 heterocycles. The maximum Gasteiger partial charge on any atom is 0.129 e. The quantitative estimate of drug-likeness (QED) is 0.909. The molecule has 1 aromatic heterocycles. The molecule has 0 saturated heterocycles. The summed E-state index contributed by atoms with van der Waals surface area (Å²) in [4.78, 5) is 0. The van der Waals surface area contributed by atoms with Crippen LogP contribution in [0.15, 0.2) is 18.2 Å². The highest BCUT2D eigenvalue weighted by molar-refractivity contribution is 6.30. The van der Waals surface area contributed by atoms with Crippen LogP contribution in [-0.2, 0) is 19.4 Å². The van der Waals surface area contributed by atoms with Gasteiger partial charge >= 0.3 is 0 Å². The van der Waals surface area contributed by atoms with Gasteiger partial charge in [0.15, 0.2) is 0 Å². The zero-order chi connectivity index (χ0) is 15.6. The molecule has 0 aliphatic rings. The van der Waals surface area contributed by atoms with E-state index in [1.54, 1.807) is 23.7 Å². The summed E-state index contributed by atoms with van der Waals surface area (Å²) in [6.45, 7) is 6.09. The van der Waals surface area contributed by atoms with Gasteiger partial charge in [0.1, 0.15) is 5.82 Å². The molecule has 1 N–H and O–H groups in total. The average molecular weight is 311 g/mol. The van der Waals surface area contributed by atoms with E-state index in [0.29, 0.717) is 17.1 Å². The standard InChI is InChI=1S/C16H20ClFN2O/c1-4-14-16(10(3)21)15(5-2)20(19-14)9-11-6-7-12(17)8-13(11)18/h6-8,10,21H,4-5,9H2,1-3H3. The number of aryl methyl sites for hydroxylation is 1. The van der Waals surface area contributed by atoms with Crippen molar-refractivity contribution in [3.05, 3.63) is 51.6 Å². The van der Waals surface area contributed by atoms with Gasteiger partial charge in [0.25, 0.3) is 0 Å². The van der Waals surface area contributed by atoms with Gasteiger partial charge in [0.2, 0.25) is 0 Å². The predicted molar refractivity (Wildman–Crippen MR) is 82.1 cm³/mol. The zero-order valence-corrected chi connectivity index (χ0v) is 13.3. The fourth-order valence-electron chi connectivity index (χ4n) is 2.62. The minimum Gasteiger partial charge on any atom is -0.389 e. The third-order valence-electron chi connectivity index (χ3n) is 3.60. The normalized spacial score (nSPS) is 12.7. The van der Waals surface area contributed by atoms with Gasteiger partial charge < -0.3 is 5.11 Å². The van der Waals surface area contributed by atoms with Crippen molar-refractivity contribution in [1.82, 2.24) is 9.78 Å². The van der Waals surface area contributed by atoms with E-state index in [9.17, 15) is 9.50 Å². The van der Waals surface area contributed by atoms with Crippen LogP contribution < -0.4 is 0 Å². The van der Waals surface area contributed by atoms with E-state index in [-0.39, 0.29) is 5.82 Å². The van der Waals surface area contributed by atoms with Crippen LogP contribution in [0, 0.1) is 5.82 Å². The Hall–Kier alpha value is -1.39. The Labute approximate surface area is 129 Å². The third kappa shape index (κ3) is 3.27. The molecule has 1 unspecified atom stereocenters. The summed E-state index contributed by atoms with van der Waals surface area (Å²) in [5.74, 6) is -0.336. The Balaban J connectivity index is 2.44. The molecule has 0 fully saturated rings. The molecule has 0 aliphatic heterocycles. The van der Waals surface area contributed by atoms with Crippen molar-refractivity contribution in [1.29, 1.82) is 0 Å². The molecular formula is C16H20ClFN2O. The van der Waals surface area contributed by atoms with Gasteiger partial charge in [-0.25, -0.2) is 4.39 Å². The van der Waals surface area contributed by atoms with E-state index in [1.165, 1.54) is 6.07 Å². The molecule has 0 spiro atoms. The lowest BCUT2D eigenvalue weighted by molar-refractivity contribution is 0.197. The number of nitrogens with zero attached hydrogens (tertiary/aromatic N) is 2. The molecule has 3 nitrogen and oxygen atoms in total. The van der Waals surface area contributed by atoms with E-state index >= 15 is 0 Å². The summed E-state index contributed by atoms with van der Waals surface area (Å²) in [6.07, 6.45) is 0.907. The summed E-state index contributed by atoms with van der Waals surface area (Å²) >= 11 is 5.78. The number of aromatic nitrogens is 2. The summed E-state index contributed by atoms with van der Waals surface area (Å²) in [5, 5.41) is 14.9. The van der Waals surface area contributed by atoms with E-state index in [2.05, 4.69) is 5.10 Å². The van der Waals surface area contributed by atoms with Crippen LogP contribution in [0.25, 0.3) is 0 Å². The molecule has 2 aromatic rings. The topological polar surface area (TPSA) is 38.0 Å². The lowest BCUT2D eigenvalue weighted by Gasteiger charge is -2.10. The minimum atomic E-state index is -0.571. The Morgan fingerprint density at radius 1 is 1.33 bits per heavy atom. The smallest absolute Gasteiger partial charge is 0.129 e. The first-order valence-corrected chi connectivity index (χ1v) is 7.56. The molecule has 2 rings (SSSR count). The molecule has 5 heteroatoms. The largest absolute Gasteiger partial charge is 0.389 e. The highest BCUT2D eigenvalue weighted by Gasteiger charge is 2.19. The molecule has 1 aromatic carbocycles. The molecule has 0 radical (unpaired) electrons. The highest BCUT2D eigenvalue weighted by Crippen LogP contribution is 2.25. The van der Waals surface area contributed by atoms with Crippen LogP contribution in [-0.4, -0.2) is 14.9 Å². The van der Waals surface area contributed by atoms with Crippen LogP contribution in [0.1, 0.15) is 49.4 Å². The van der Waals surface area contributed by atoms with Gasteiger partial charge in [0.05, 0.1) is 18.3 Å². The summed E-state index contributed by atoms with van der Waals surface area (Å²) < 4.78 is 15.7. The number of aliphatic hydroxyl groups excluding tert-OH is 1. The number of hydrogen-bond acceptors (Lipinski definition) is 2. The lowest BCUT2D eigenvalue weighted by Crippen LogP contribution is -2.08. The Morgan fingerprint density at radius 2 is 2.05 bits per heavy atom. The third-order valence-corrected chi connectivity index (χ3v) is 3.83. The zero-order valence-electron chi connectivity index (χ0n) is 12.5. The van der Waals surface area contributed by atoms with Gasteiger partial charge in [-0.15, -0.1) is 0 Å². The first-order chi connectivity index (χ1) is 9.97. The van der Waals surface area contributed by atoms with Crippen molar-refractivity contribution >= 4 is 11.6 Å². The predicted octanol–water partition coefficient (Wildman–Crippen LogP) is 3.90. The van der Waals surface area contributed by atoms with Crippen molar-refractivity contribution in [3.63, 3.8) is 0 Å². The van der Waals surface area contributed by atoms with Gasteiger partial charge in [-0.1, -0.05) is 31.5 Å². The molecule has 0 saturated carbocycles. The fourth-order valence-corrected chi connectivity index (χ4v) is 2.78. The Bertz CT molecular complexity index is 637. The Kier molecular flexibility index (Phi) is 5.01. The van der Waals surface area contributed by atoms with Gasteiger partial charge in [-0.2, -0.15) is 5.10 Å². The molecule has 0 amide bonds. The second-order valence-electron chi connectivity index (χ2n) is 5.08. The van der Waals surface area contributed by atoms with Crippen molar-refractivity contribution in [2.45, 2.75) is 46.3 Å². The molecular weight excluding hydrogens is 291 g/mol. The second kappa shape index (κ2) is 6.58. The van der Waals surface area contributed by atoms with Gasteiger partial charge in [-0.3, -0.25) is 4.68 Å². The number of rotatable bonds is 5. The maximum atomic E-state index is 13.9. The van der Waals surface area contributed by atoms with Gasteiger partial charge in [-0.05, 0) is 31.9 Å². The van der Waals surface area contributed by atoms with Crippen LogP contribution in [0.2, 0.25) is 5.02 Å². The Morgan fingerprint density at radius 3 is 2.57 bits per heavy atom. The van der Waals surface area contributed by atoms with Crippen molar-refractivity contribution in [2.75, 3.05) is 0 Å². The van der Waals surface area contributed by atoms with E-state index < -0.39 is 6.10 Å². The van der Waals surface area contributed by atoms with Crippen LogP contribution in [0.3, 0.4) is 0 Å². The summed E-state index contributed by atoms with van der Waals surface area (Å²) in [6, 6.07) is 4.65. The number of benzene rings is 1. The van der Waals surface area contributed by atoms with Crippen molar-refractivity contribution in [3.8, 4) is 0 Å². The number of aliphatic hydroxyl groups is 1. The number of halogens is 2. The minimum absolute atomic E-state index is 0.336. The van der Waals surface area contributed by atoms with Crippen molar-refractivity contribution < 1.29 is 9.50 Å². The molecule has 0 aliphatic carbocycles. The summed E-state index contributed by atoms with van der Waals surface area (Å²) in [5.41, 5.74) is 3.23. The van der Waals surface area contributed by atoms with E-state index in [1.807, 2.05) is 13.8 Å². The monoisotopic (exact) mass is 310 g/mol. The fraction of sp³-hybridized carbons (Fsp3) is 0.438. The van der Waals surface area contributed by atoms with Crippen LogP contribution >= 0.6 is 11.6 Å².